The van der Waals surface area contributed by atoms with Crippen LogP contribution in [0.2, 0.25) is 0 Å². The molecule has 0 bridgehead atoms. The summed E-state index contributed by atoms with van der Waals surface area (Å²) in [6.07, 6.45) is 5.72. The fourth-order valence-electron chi connectivity index (χ4n) is 2.74. The zero-order chi connectivity index (χ0) is 13.8. The second-order valence-electron chi connectivity index (χ2n) is 5.10. The SMILES string of the molecule is CCCC1CCCCN1C(=O)c1ccc(Br)cc1S. The molecule has 19 heavy (non-hydrogen) atoms. The quantitative estimate of drug-likeness (QED) is 0.800. The van der Waals surface area contributed by atoms with Gasteiger partial charge in [-0.3, -0.25) is 4.79 Å². The average molecular weight is 342 g/mol. The van der Waals surface area contributed by atoms with Gasteiger partial charge in [0.2, 0.25) is 0 Å². The minimum Gasteiger partial charge on any atom is -0.336 e. The Labute approximate surface area is 129 Å². The maximum absolute atomic E-state index is 12.7. The molecule has 0 saturated carbocycles. The lowest BCUT2D eigenvalue weighted by atomic mass is 9.97. The molecule has 1 aromatic rings. The minimum absolute atomic E-state index is 0.135. The monoisotopic (exact) mass is 341 g/mol. The van der Waals surface area contributed by atoms with Crippen LogP contribution in [0, 0.1) is 0 Å². The number of benzene rings is 1. The van der Waals surface area contributed by atoms with E-state index in [0.717, 1.165) is 47.2 Å². The van der Waals surface area contributed by atoms with Gasteiger partial charge in [0.05, 0.1) is 5.56 Å². The number of nitrogens with zero attached hydrogens (tertiary/aromatic N) is 1. The highest BCUT2D eigenvalue weighted by Crippen LogP contribution is 2.26. The van der Waals surface area contributed by atoms with E-state index in [0.29, 0.717) is 6.04 Å². The van der Waals surface area contributed by atoms with Crippen molar-refractivity contribution < 1.29 is 4.79 Å². The second kappa shape index (κ2) is 6.80. The maximum Gasteiger partial charge on any atom is 0.255 e. The number of hydrogen-bond donors (Lipinski definition) is 1. The largest absolute Gasteiger partial charge is 0.336 e. The van der Waals surface area contributed by atoms with Crippen molar-refractivity contribution in [3.05, 3.63) is 28.2 Å². The van der Waals surface area contributed by atoms with Crippen molar-refractivity contribution in [3.63, 3.8) is 0 Å². The van der Waals surface area contributed by atoms with Gasteiger partial charge in [0.25, 0.3) is 5.91 Å². The van der Waals surface area contributed by atoms with E-state index in [2.05, 4.69) is 40.4 Å². The molecule has 1 saturated heterocycles. The van der Waals surface area contributed by atoms with Gasteiger partial charge >= 0.3 is 0 Å². The first-order valence-electron chi connectivity index (χ1n) is 6.93. The third kappa shape index (κ3) is 3.54. The van der Waals surface area contributed by atoms with E-state index in [1.165, 1.54) is 6.42 Å². The van der Waals surface area contributed by atoms with Gasteiger partial charge in [-0.1, -0.05) is 29.3 Å². The molecule has 1 unspecified atom stereocenters. The van der Waals surface area contributed by atoms with Gasteiger partial charge < -0.3 is 4.90 Å². The molecule has 0 aliphatic carbocycles. The number of halogens is 1. The van der Waals surface area contributed by atoms with Gasteiger partial charge in [0.15, 0.2) is 0 Å². The minimum atomic E-state index is 0.135. The summed E-state index contributed by atoms with van der Waals surface area (Å²) >= 11 is 7.84. The van der Waals surface area contributed by atoms with Crippen molar-refractivity contribution in [1.82, 2.24) is 4.90 Å². The summed E-state index contributed by atoms with van der Waals surface area (Å²) in [5.74, 6) is 0.135. The molecular formula is C15H20BrNOS. The highest BCUT2D eigenvalue weighted by Gasteiger charge is 2.27. The summed E-state index contributed by atoms with van der Waals surface area (Å²) in [5.41, 5.74) is 0.717. The predicted molar refractivity (Wildman–Crippen MR) is 85.0 cm³/mol. The van der Waals surface area contributed by atoms with Crippen molar-refractivity contribution in [1.29, 1.82) is 0 Å². The van der Waals surface area contributed by atoms with Crippen LogP contribution in [0.1, 0.15) is 49.4 Å². The number of likely N-dealkylation sites (tertiary alicyclic amines) is 1. The third-order valence-electron chi connectivity index (χ3n) is 3.70. The van der Waals surface area contributed by atoms with Gasteiger partial charge in [0, 0.05) is 22.0 Å². The molecule has 0 aromatic heterocycles. The Balaban J connectivity index is 2.21. The predicted octanol–water partition coefficient (Wildman–Crippen LogP) is 4.53. The molecule has 1 aliphatic heterocycles. The Morgan fingerprint density at radius 3 is 2.95 bits per heavy atom. The number of hydrogen-bond acceptors (Lipinski definition) is 2. The average Bonchev–Trinajstić information content (AvgIpc) is 2.39. The van der Waals surface area contributed by atoms with Crippen LogP contribution in [-0.2, 0) is 0 Å². The molecule has 0 radical (unpaired) electrons. The van der Waals surface area contributed by atoms with Gasteiger partial charge in [-0.15, -0.1) is 12.6 Å². The van der Waals surface area contributed by atoms with Crippen molar-refractivity contribution in [3.8, 4) is 0 Å². The molecule has 2 rings (SSSR count). The number of rotatable bonds is 3. The van der Waals surface area contributed by atoms with E-state index in [9.17, 15) is 4.79 Å². The maximum atomic E-state index is 12.7. The van der Waals surface area contributed by atoms with Crippen LogP contribution < -0.4 is 0 Å². The number of carbonyl (C=O) groups is 1. The molecule has 1 aliphatic rings. The Kier molecular flexibility index (Phi) is 5.34. The molecule has 1 heterocycles. The lowest BCUT2D eigenvalue weighted by Crippen LogP contribution is -2.43. The summed E-state index contributed by atoms with van der Waals surface area (Å²) in [5, 5.41) is 0. The molecule has 1 fully saturated rings. The zero-order valence-electron chi connectivity index (χ0n) is 11.2. The highest BCUT2D eigenvalue weighted by molar-refractivity contribution is 9.10. The lowest BCUT2D eigenvalue weighted by molar-refractivity contribution is 0.0597. The number of amides is 1. The molecule has 2 nitrogen and oxygen atoms in total. The normalized spacial score (nSPS) is 19.5. The molecule has 0 spiro atoms. The molecule has 1 amide bonds. The van der Waals surface area contributed by atoms with Gasteiger partial charge in [-0.25, -0.2) is 0 Å². The van der Waals surface area contributed by atoms with Gasteiger partial charge in [-0.2, -0.15) is 0 Å². The highest BCUT2D eigenvalue weighted by atomic mass is 79.9. The summed E-state index contributed by atoms with van der Waals surface area (Å²) in [6, 6.07) is 6.07. The Morgan fingerprint density at radius 1 is 1.47 bits per heavy atom. The summed E-state index contributed by atoms with van der Waals surface area (Å²) in [4.78, 5) is 15.5. The lowest BCUT2D eigenvalue weighted by Gasteiger charge is -2.36. The zero-order valence-corrected chi connectivity index (χ0v) is 13.7. The number of carbonyl (C=O) groups excluding carboxylic acids is 1. The number of thiol groups is 1. The first-order chi connectivity index (χ1) is 9.13. The number of piperidine rings is 1. The van der Waals surface area contributed by atoms with E-state index in [4.69, 9.17) is 0 Å². The van der Waals surface area contributed by atoms with Crippen molar-refractivity contribution in [2.24, 2.45) is 0 Å². The summed E-state index contributed by atoms with van der Waals surface area (Å²) in [7, 11) is 0. The third-order valence-corrected chi connectivity index (χ3v) is 4.56. The van der Waals surface area contributed by atoms with Crippen molar-refractivity contribution >= 4 is 34.5 Å². The molecule has 1 aromatic carbocycles. The first-order valence-corrected chi connectivity index (χ1v) is 8.17. The smallest absolute Gasteiger partial charge is 0.255 e. The van der Waals surface area contributed by atoms with Crippen LogP contribution >= 0.6 is 28.6 Å². The first kappa shape index (κ1) is 14.9. The van der Waals surface area contributed by atoms with E-state index in [1.54, 1.807) is 0 Å². The van der Waals surface area contributed by atoms with Gasteiger partial charge in [0.1, 0.15) is 0 Å². The molecule has 104 valence electrons. The summed E-state index contributed by atoms with van der Waals surface area (Å²) in [6.45, 7) is 3.06. The topological polar surface area (TPSA) is 20.3 Å². The molecular weight excluding hydrogens is 322 g/mol. The Hall–Kier alpha value is -0.480. The summed E-state index contributed by atoms with van der Waals surface area (Å²) < 4.78 is 0.956. The van der Waals surface area contributed by atoms with Gasteiger partial charge in [-0.05, 0) is 43.9 Å². The molecule has 4 heteroatoms. The second-order valence-corrected chi connectivity index (χ2v) is 6.50. The van der Waals surface area contributed by atoms with Crippen molar-refractivity contribution in [2.75, 3.05) is 6.54 Å². The van der Waals surface area contributed by atoms with Crippen LogP contribution in [0.15, 0.2) is 27.6 Å². The Bertz CT molecular complexity index is 461. The van der Waals surface area contributed by atoms with Crippen LogP contribution in [0.4, 0.5) is 0 Å². The standard InChI is InChI=1S/C15H20BrNOS/c1-2-5-12-6-3-4-9-17(12)15(18)13-8-7-11(16)10-14(13)19/h7-8,10,12,19H,2-6,9H2,1H3. The van der Waals surface area contributed by atoms with Crippen LogP contribution in [-0.4, -0.2) is 23.4 Å². The van der Waals surface area contributed by atoms with E-state index in [1.807, 2.05) is 18.2 Å². The fraction of sp³-hybridized carbons (Fsp3) is 0.533. The van der Waals surface area contributed by atoms with E-state index in [-0.39, 0.29) is 5.91 Å². The van der Waals surface area contributed by atoms with Crippen LogP contribution in [0.3, 0.4) is 0 Å². The fourth-order valence-corrected chi connectivity index (χ4v) is 3.59. The molecule has 1 atom stereocenters. The van der Waals surface area contributed by atoms with Crippen LogP contribution in [0.5, 0.6) is 0 Å². The van der Waals surface area contributed by atoms with Crippen molar-refractivity contribution in [2.45, 2.75) is 50.0 Å². The van der Waals surface area contributed by atoms with Crippen LogP contribution in [0.25, 0.3) is 0 Å². The van der Waals surface area contributed by atoms with E-state index >= 15 is 0 Å². The Morgan fingerprint density at radius 2 is 2.26 bits per heavy atom. The molecule has 0 N–H and O–H groups in total. The van der Waals surface area contributed by atoms with E-state index < -0.39 is 0 Å².